The normalized spacial score (nSPS) is 13.6. The summed E-state index contributed by atoms with van der Waals surface area (Å²) in [6.45, 7) is 1.97. The highest BCUT2D eigenvalue weighted by Gasteiger charge is 2.16. The third-order valence-electron chi connectivity index (χ3n) is 3.37. The molecule has 0 spiro atoms. The summed E-state index contributed by atoms with van der Waals surface area (Å²) < 4.78 is 49.6. The van der Waals surface area contributed by atoms with Gasteiger partial charge in [-0.15, -0.1) is 0 Å². The Morgan fingerprint density at radius 1 is 1.08 bits per heavy atom. The molecule has 1 atom stereocenters. The molecule has 3 N–H and O–H groups in total. The maximum absolute atomic E-state index is 12.2. The third kappa shape index (κ3) is 4.60. The molecule has 0 bridgehead atoms. The fourth-order valence-corrected chi connectivity index (χ4v) is 3.47. The van der Waals surface area contributed by atoms with Crippen molar-refractivity contribution in [2.24, 2.45) is 5.73 Å². The maximum atomic E-state index is 12.2. The van der Waals surface area contributed by atoms with Gasteiger partial charge >= 0.3 is 0 Å². The number of sulfone groups is 1. The molecule has 0 saturated carbocycles. The van der Waals surface area contributed by atoms with E-state index < -0.39 is 19.9 Å². The molecular weight excluding hydrogens is 350 g/mol. The largest absolute Gasteiger partial charge is 0.324 e. The van der Waals surface area contributed by atoms with E-state index in [4.69, 9.17) is 5.73 Å². The second kappa shape index (κ2) is 6.98. The Labute approximate surface area is 141 Å². The topological polar surface area (TPSA) is 119 Å². The van der Waals surface area contributed by atoms with E-state index in [1.807, 2.05) is 19.1 Å². The van der Waals surface area contributed by atoms with E-state index in [2.05, 4.69) is 9.71 Å². The van der Waals surface area contributed by atoms with Crippen molar-refractivity contribution in [3.63, 3.8) is 0 Å². The lowest BCUT2D eigenvalue weighted by Crippen LogP contribution is -2.23. The van der Waals surface area contributed by atoms with Gasteiger partial charge in [0, 0.05) is 25.0 Å². The Balaban J connectivity index is 2.11. The first-order chi connectivity index (χ1) is 11.1. The van der Waals surface area contributed by atoms with Gasteiger partial charge in [0.2, 0.25) is 10.0 Å². The van der Waals surface area contributed by atoms with Crippen LogP contribution in [0.5, 0.6) is 0 Å². The van der Waals surface area contributed by atoms with Crippen molar-refractivity contribution in [3.8, 4) is 0 Å². The lowest BCUT2D eigenvalue weighted by Gasteiger charge is -2.09. The zero-order valence-corrected chi connectivity index (χ0v) is 14.9. The number of sulfonamides is 1. The molecule has 9 heteroatoms. The molecule has 0 aliphatic carbocycles. The summed E-state index contributed by atoms with van der Waals surface area (Å²) in [6.07, 6.45) is 2.03. The summed E-state index contributed by atoms with van der Waals surface area (Å²) in [5.74, 6) is 0. The zero-order valence-electron chi connectivity index (χ0n) is 13.3. The molecule has 1 heterocycles. The molecule has 0 amide bonds. The number of nitrogens with two attached hydrogens (primary N) is 1. The summed E-state index contributed by atoms with van der Waals surface area (Å²) in [6, 6.07) is 9.58. The molecule has 0 saturated heterocycles. The molecule has 2 rings (SSSR count). The van der Waals surface area contributed by atoms with E-state index in [-0.39, 0.29) is 22.5 Å². The zero-order chi connectivity index (χ0) is 18.0. The van der Waals surface area contributed by atoms with Gasteiger partial charge in [-0.25, -0.2) is 26.5 Å². The quantitative estimate of drug-likeness (QED) is 0.783. The van der Waals surface area contributed by atoms with Gasteiger partial charge < -0.3 is 5.73 Å². The minimum atomic E-state index is -3.78. The van der Waals surface area contributed by atoms with E-state index in [1.54, 1.807) is 12.1 Å². The number of nitrogens with zero attached hydrogens (tertiary/aromatic N) is 1. The van der Waals surface area contributed by atoms with Crippen LogP contribution in [-0.4, -0.2) is 28.1 Å². The molecular formula is C15H19N3O4S2. The van der Waals surface area contributed by atoms with Gasteiger partial charge in [-0.05, 0) is 30.2 Å². The van der Waals surface area contributed by atoms with E-state index in [9.17, 15) is 16.8 Å². The first kappa shape index (κ1) is 18.5. The lowest BCUT2D eigenvalue weighted by molar-refractivity contribution is 0.579. The molecule has 0 aliphatic rings. The Morgan fingerprint density at radius 3 is 2.17 bits per heavy atom. The molecule has 1 aromatic heterocycles. The van der Waals surface area contributed by atoms with E-state index in [1.165, 1.54) is 12.1 Å². The van der Waals surface area contributed by atoms with Gasteiger partial charge in [-0.3, -0.25) is 0 Å². The van der Waals surface area contributed by atoms with Gasteiger partial charge in [0.25, 0.3) is 0 Å². The average molecular weight is 369 g/mol. The van der Waals surface area contributed by atoms with Crippen LogP contribution in [0.3, 0.4) is 0 Å². The van der Waals surface area contributed by atoms with Crippen molar-refractivity contribution in [2.75, 3.05) is 6.26 Å². The van der Waals surface area contributed by atoms with Crippen LogP contribution in [0.4, 0.5) is 0 Å². The van der Waals surface area contributed by atoms with Crippen LogP contribution in [0.15, 0.2) is 52.5 Å². The van der Waals surface area contributed by atoms with Crippen molar-refractivity contribution in [1.29, 1.82) is 0 Å². The van der Waals surface area contributed by atoms with Gasteiger partial charge in [-0.2, -0.15) is 0 Å². The second-order valence-electron chi connectivity index (χ2n) is 5.46. The summed E-state index contributed by atoms with van der Waals surface area (Å²) in [4.78, 5) is 3.59. The molecule has 130 valence electrons. The molecule has 2 aromatic rings. The summed E-state index contributed by atoms with van der Waals surface area (Å²) in [7, 11) is -7.25. The molecule has 1 unspecified atom stereocenters. The number of nitrogens with one attached hydrogen (secondary N) is 1. The van der Waals surface area contributed by atoms with Crippen LogP contribution in [-0.2, 0) is 26.4 Å². The van der Waals surface area contributed by atoms with E-state index >= 15 is 0 Å². The molecule has 0 fully saturated rings. The molecule has 1 aromatic carbocycles. The number of pyridine rings is 1. The second-order valence-corrected chi connectivity index (χ2v) is 9.19. The highest BCUT2D eigenvalue weighted by Crippen LogP contribution is 2.13. The Morgan fingerprint density at radius 2 is 1.71 bits per heavy atom. The van der Waals surface area contributed by atoms with Crippen LogP contribution in [0, 0.1) is 0 Å². The van der Waals surface area contributed by atoms with E-state index in [0.717, 1.165) is 23.6 Å². The summed E-state index contributed by atoms with van der Waals surface area (Å²) in [5.41, 5.74) is 7.51. The van der Waals surface area contributed by atoms with Crippen molar-refractivity contribution >= 4 is 19.9 Å². The van der Waals surface area contributed by atoms with Crippen LogP contribution < -0.4 is 10.5 Å². The maximum Gasteiger partial charge on any atom is 0.242 e. The fraction of sp³-hybridized carbons (Fsp3) is 0.267. The van der Waals surface area contributed by atoms with E-state index in [0.29, 0.717) is 0 Å². The SMILES string of the molecule is CC(N)c1ccc(CNS(=O)(=O)c2ccc(S(C)(=O)=O)nc2)cc1. The van der Waals surface area contributed by atoms with Crippen LogP contribution >= 0.6 is 0 Å². The van der Waals surface area contributed by atoms with Gasteiger partial charge in [0.05, 0.1) is 0 Å². The fourth-order valence-electron chi connectivity index (χ4n) is 1.95. The van der Waals surface area contributed by atoms with Gasteiger partial charge in [0.15, 0.2) is 14.9 Å². The van der Waals surface area contributed by atoms with Crippen molar-refractivity contribution in [1.82, 2.24) is 9.71 Å². The predicted molar refractivity (Wildman–Crippen MR) is 90.4 cm³/mol. The first-order valence-electron chi connectivity index (χ1n) is 7.10. The molecule has 24 heavy (non-hydrogen) atoms. The Bertz CT molecular complexity index is 904. The monoisotopic (exact) mass is 369 g/mol. The summed E-state index contributed by atoms with van der Waals surface area (Å²) >= 11 is 0. The van der Waals surface area contributed by atoms with Crippen LogP contribution in [0.2, 0.25) is 0 Å². The average Bonchev–Trinajstić information content (AvgIpc) is 2.53. The molecule has 7 nitrogen and oxygen atoms in total. The highest BCUT2D eigenvalue weighted by atomic mass is 32.2. The minimum Gasteiger partial charge on any atom is -0.324 e. The van der Waals surface area contributed by atoms with Crippen LogP contribution in [0.1, 0.15) is 24.1 Å². The standard InChI is InChI=1S/C15H19N3O4S2/c1-11(16)13-5-3-12(4-6-13)9-18-24(21,22)14-7-8-15(17-10-14)23(2,19)20/h3-8,10-11,18H,9,16H2,1-2H3. The smallest absolute Gasteiger partial charge is 0.242 e. The number of aromatic nitrogens is 1. The Hall–Kier alpha value is -1.81. The summed E-state index contributed by atoms with van der Waals surface area (Å²) in [5, 5.41) is -0.173. The highest BCUT2D eigenvalue weighted by molar-refractivity contribution is 7.90. The number of benzene rings is 1. The minimum absolute atomic E-state index is 0.0878. The third-order valence-corrected chi connectivity index (χ3v) is 5.76. The number of hydrogen-bond donors (Lipinski definition) is 2. The first-order valence-corrected chi connectivity index (χ1v) is 10.5. The van der Waals surface area contributed by atoms with Crippen LogP contribution in [0.25, 0.3) is 0 Å². The predicted octanol–water partition coefficient (Wildman–Crippen LogP) is 0.983. The van der Waals surface area contributed by atoms with Crippen molar-refractivity contribution in [2.45, 2.75) is 29.4 Å². The molecule has 0 aliphatic heterocycles. The molecule has 0 radical (unpaired) electrons. The number of hydrogen-bond acceptors (Lipinski definition) is 6. The van der Waals surface area contributed by atoms with Crippen molar-refractivity contribution < 1.29 is 16.8 Å². The number of rotatable bonds is 6. The lowest BCUT2D eigenvalue weighted by atomic mass is 10.1. The van der Waals surface area contributed by atoms with Gasteiger partial charge in [-0.1, -0.05) is 24.3 Å². The Kier molecular flexibility index (Phi) is 5.38. The van der Waals surface area contributed by atoms with Crippen molar-refractivity contribution in [3.05, 3.63) is 53.7 Å². The van der Waals surface area contributed by atoms with Gasteiger partial charge in [0.1, 0.15) is 4.90 Å².